The molecule has 3 aromatic rings. The number of carbonyl (C=O) groups is 3. The Kier molecular flexibility index (Phi) is 8.28. The van der Waals surface area contributed by atoms with Crippen molar-refractivity contribution < 1.29 is 18.8 Å². The molecule has 0 saturated carbocycles. The SMILES string of the molecule is O=C(NC[C@@H]1CCCN(C(=O)CNC(=O)c2ccc(-c3ccccc3)cc2)C1)Nc1cccc(F)c1. The average molecular weight is 489 g/mol. The number of nitrogens with zero attached hydrogens (tertiary/aromatic N) is 1. The Balaban J connectivity index is 1.21. The van der Waals surface area contributed by atoms with Crippen LogP contribution in [0.1, 0.15) is 23.2 Å². The van der Waals surface area contributed by atoms with E-state index in [4.69, 9.17) is 0 Å². The van der Waals surface area contributed by atoms with Crippen molar-refractivity contribution in [2.45, 2.75) is 12.8 Å². The van der Waals surface area contributed by atoms with Crippen LogP contribution in [0, 0.1) is 11.7 Å². The number of anilines is 1. The smallest absolute Gasteiger partial charge is 0.319 e. The number of carbonyl (C=O) groups excluding carboxylic acids is 3. The van der Waals surface area contributed by atoms with Crippen molar-refractivity contribution in [2.24, 2.45) is 5.92 Å². The van der Waals surface area contributed by atoms with E-state index in [9.17, 15) is 18.8 Å². The first-order chi connectivity index (χ1) is 17.5. The van der Waals surface area contributed by atoms with E-state index in [0.29, 0.717) is 30.9 Å². The zero-order chi connectivity index (χ0) is 25.3. The molecule has 1 atom stereocenters. The van der Waals surface area contributed by atoms with E-state index in [0.717, 1.165) is 24.0 Å². The number of benzene rings is 3. The molecule has 36 heavy (non-hydrogen) atoms. The first kappa shape index (κ1) is 24.9. The molecule has 0 aromatic heterocycles. The number of urea groups is 1. The lowest BCUT2D eigenvalue weighted by Crippen LogP contribution is -2.47. The van der Waals surface area contributed by atoms with E-state index in [-0.39, 0.29) is 24.3 Å². The molecule has 8 heteroatoms. The van der Waals surface area contributed by atoms with Gasteiger partial charge in [-0.15, -0.1) is 0 Å². The number of hydrogen-bond acceptors (Lipinski definition) is 3. The van der Waals surface area contributed by atoms with Crippen LogP contribution < -0.4 is 16.0 Å². The monoisotopic (exact) mass is 488 g/mol. The molecule has 186 valence electrons. The third-order valence-electron chi connectivity index (χ3n) is 6.16. The van der Waals surface area contributed by atoms with E-state index in [2.05, 4.69) is 16.0 Å². The van der Waals surface area contributed by atoms with E-state index < -0.39 is 11.8 Å². The van der Waals surface area contributed by atoms with Gasteiger partial charge in [-0.2, -0.15) is 0 Å². The molecule has 1 heterocycles. The molecule has 4 rings (SSSR count). The quantitative estimate of drug-likeness (QED) is 0.464. The molecule has 0 spiro atoms. The van der Waals surface area contributed by atoms with E-state index in [1.165, 1.54) is 18.2 Å². The molecule has 1 aliphatic rings. The molecular weight excluding hydrogens is 459 g/mol. The fourth-order valence-electron chi connectivity index (χ4n) is 4.25. The lowest BCUT2D eigenvalue weighted by molar-refractivity contribution is -0.131. The highest BCUT2D eigenvalue weighted by molar-refractivity contribution is 5.96. The van der Waals surface area contributed by atoms with Gasteiger partial charge in [0.15, 0.2) is 0 Å². The minimum atomic E-state index is -0.425. The van der Waals surface area contributed by atoms with Crippen molar-refractivity contribution in [1.82, 2.24) is 15.5 Å². The Bertz CT molecular complexity index is 1200. The van der Waals surface area contributed by atoms with E-state index >= 15 is 0 Å². The number of hydrogen-bond donors (Lipinski definition) is 3. The van der Waals surface area contributed by atoms with Gasteiger partial charge < -0.3 is 20.9 Å². The Labute approximate surface area is 209 Å². The van der Waals surface area contributed by atoms with Gasteiger partial charge in [-0.05, 0) is 60.2 Å². The van der Waals surface area contributed by atoms with Crippen LogP contribution in [0.2, 0.25) is 0 Å². The van der Waals surface area contributed by atoms with Crippen LogP contribution in [0.15, 0.2) is 78.9 Å². The molecule has 0 aliphatic carbocycles. The molecule has 1 fully saturated rings. The minimum Gasteiger partial charge on any atom is -0.343 e. The summed E-state index contributed by atoms with van der Waals surface area (Å²) in [4.78, 5) is 39.1. The standard InChI is InChI=1S/C28H29FN4O3/c29-24-9-4-10-25(16-24)32-28(36)31-17-20-6-5-15-33(19-20)26(34)18-30-27(35)23-13-11-22(12-14-23)21-7-2-1-3-8-21/h1-4,7-14,16,20H,5-6,15,17-19H2,(H,30,35)(H2,31,32,36)/t20-/m0/s1. The summed E-state index contributed by atoms with van der Waals surface area (Å²) in [5, 5.41) is 8.10. The number of halogens is 1. The number of likely N-dealkylation sites (tertiary alicyclic amines) is 1. The van der Waals surface area contributed by atoms with Crippen LogP contribution in [-0.4, -0.2) is 48.9 Å². The average Bonchev–Trinajstić information content (AvgIpc) is 2.91. The van der Waals surface area contributed by atoms with Gasteiger partial charge in [-0.25, -0.2) is 9.18 Å². The highest BCUT2D eigenvalue weighted by Crippen LogP contribution is 2.19. The lowest BCUT2D eigenvalue weighted by atomic mass is 9.98. The Morgan fingerprint density at radius 3 is 2.39 bits per heavy atom. The topological polar surface area (TPSA) is 90.5 Å². The van der Waals surface area contributed by atoms with Gasteiger partial charge >= 0.3 is 6.03 Å². The molecule has 1 aliphatic heterocycles. The number of amides is 4. The predicted octanol–water partition coefficient (Wildman–Crippen LogP) is 4.28. The number of rotatable bonds is 7. The van der Waals surface area contributed by atoms with Crippen molar-refractivity contribution in [2.75, 3.05) is 31.5 Å². The van der Waals surface area contributed by atoms with Crippen LogP contribution in [0.5, 0.6) is 0 Å². The van der Waals surface area contributed by atoms with Gasteiger partial charge in [0.2, 0.25) is 5.91 Å². The second kappa shape index (κ2) is 12.0. The van der Waals surface area contributed by atoms with Crippen LogP contribution in [0.3, 0.4) is 0 Å². The Morgan fingerprint density at radius 1 is 0.889 bits per heavy atom. The maximum absolute atomic E-state index is 13.3. The summed E-state index contributed by atoms with van der Waals surface area (Å²) >= 11 is 0. The number of nitrogens with one attached hydrogen (secondary N) is 3. The summed E-state index contributed by atoms with van der Waals surface area (Å²) in [7, 11) is 0. The first-order valence-corrected chi connectivity index (χ1v) is 12.0. The van der Waals surface area contributed by atoms with Gasteiger partial charge in [0, 0.05) is 30.9 Å². The summed E-state index contributed by atoms with van der Waals surface area (Å²) in [6.07, 6.45) is 1.70. The van der Waals surface area contributed by atoms with Crippen LogP contribution >= 0.6 is 0 Å². The third kappa shape index (κ3) is 6.91. The predicted molar refractivity (Wildman–Crippen MR) is 137 cm³/mol. The molecule has 0 unspecified atom stereocenters. The van der Waals surface area contributed by atoms with Crippen molar-refractivity contribution in [1.29, 1.82) is 0 Å². The summed E-state index contributed by atoms with van der Waals surface area (Å²) in [6.45, 7) is 1.43. The molecule has 3 aromatic carbocycles. The third-order valence-corrected chi connectivity index (χ3v) is 6.16. The summed E-state index contributed by atoms with van der Waals surface area (Å²) in [6, 6.07) is 22.4. The van der Waals surface area contributed by atoms with Crippen LogP contribution in [0.25, 0.3) is 11.1 Å². The lowest BCUT2D eigenvalue weighted by Gasteiger charge is -2.33. The van der Waals surface area contributed by atoms with E-state index in [1.807, 2.05) is 42.5 Å². The molecule has 7 nitrogen and oxygen atoms in total. The molecule has 4 amide bonds. The fraction of sp³-hybridized carbons (Fsp3) is 0.250. The second-order valence-corrected chi connectivity index (χ2v) is 8.82. The van der Waals surface area contributed by atoms with Gasteiger partial charge in [-0.3, -0.25) is 9.59 Å². The highest BCUT2D eigenvalue weighted by Gasteiger charge is 2.24. The largest absolute Gasteiger partial charge is 0.343 e. The van der Waals surface area contributed by atoms with E-state index in [1.54, 1.807) is 23.1 Å². The van der Waals surface area contributed by atoms with Crippen molar-refractivity contribution in [3.8, 4) is 11.1 Å². The Hall–Kier alpha value is -4.20. The van der Waals surface area contributed by atoms with Crippen LogP contribution in [-0.2, 0) is 4.79 Å². The summed E-state index contributed by atoms with van der Waals surface area (Å²) < 4.78 is 13.3. The van der Waals surface area contributed by atoms with Crippen molar-refractivity contribution in [3.05, 3.63) is 90.2 Å². The minimum absolute atomic E-state index is 0.0839. The van der Waals surface area contributed by atoms with Gasteiger partial charge in [0.25, 0.3) is 5.91 Å². The normalized spacial score (nSPS) is 15.1. The molecular formula is C28H29FN4O3. The highest BCUT2D eigenvalue weighted by atomic mass is 19.1. The molecule has 3 N–H and O–H groups in total. The zero-order valence-corrected chi connectivity index (χ0v) is 19.9. The molecule has 0 radical (unpaired) electrons. The van der Waals surface area contributed by atoms with Crippen molar-refractivity contribution in [3.63, 3.8) is 0 Å². The maximum Gasteiger partial charge on any atom is 0.319 e. The second-order valence-electron chi connectivity index (χ2n) is 8.82. The maximum atomic E-state index is 13.3. The van der Waals surface area contributed by atoms with Crippen LogP contribution in [0.4, 0.5) is 14.9 Å². The van der Waals surface area contributed by atoms with Crippen molar-refractivity contribution >= 4 is 23.5 Å². The number of piperidine rings is 1. The summed E-state index contributed by atoms with van der Waals surface area (Å²) in [5.74, 6) is -0.780. The molecule has 0 bridgehead atoms. The molecule has 1 saturated heterocycles. The van der Waals surface area contributed by atoms with Gasteiger partial charge in [-0.1, -0.05) is 48.5 Å². The Morgan fingerprint density at radius 2 is 1.64 bits per heavy atom. The zero-order valence-electron chi connectivity index (χ0n) is 19.9. The van der Waals surface area contributed by atoms with Gasteiger partial charge in [0.05, 0.1) is 6.54 Å². The van der Waals surface area contributed by atoms with Gasteiger partial charge in [0.1, 0.15) is 5.82 Å². The fourth-order valence-corrected chi connectivity index (χ4v) is 4.25. The first-order valence-electron chi connectivity index (χ1n) is 12.0. The summed E-state index contributed by atoms with van der Waals surface area (Å²) in [5.41, 5.74) is 2.95.